The fourth-order valence-corrected chi connectivity index (χ4v) is 3.42. The summed E-state index contributed by atoms with van der Waals surface area (Å²) in [6, 6.07) is 26.0. The van der Waals surface area contributed by atoms with Gasteiger partial charge in [-0.05, 0) is 36.1 Å². The lowest BCUT2D eigenvalue weighted by atomic mass is 9.84. The lowest BCUT2D eigenvalue weighted by Gasteiger charge is -2.25. The van der Waals surface area contributed by atoms with Crippen LogP contribution in [0.3, 0.4) is 0 Å². The molecule has 3 aromatic rings. The zero-order valence-electron chi connectivity index (χ0n) is 13.4. The summed E-state index contributed by atoms with van der Waals surface area (Å²) in [6.45, 7) is 0. The van der Waals surface area contributed by atoms with Crippen LogP contribution in [-0.4, -0.2) is 5.11 Å². The SMILES string of the molecule is OC1(C#Cc2ccccc2)c2ccccc2CCc2ccccc21. The van der Waals surface area contributed by atoms with Crippen LogP contribution in [0.15, 0.2) is 78.9 Å². The second-order valence-corrected chi connectivity index (χ2v) is 6.14. The van der Waals surface area contributed by atoms with Gasteiger partial charge < -0.3 is 5.11 Å². The molecule has 3 aromatic carbocycles. The average molecular weight is 310 g/mol. The maximum Gasteiger partial charge on any atom is 0.177 e. The van der Waals surface area contributed by atoms with Crippen molar-refractivity contribution in [1.82, 2.24) is 0 Å². The summed E-state index contributed by atoms with van der Waals surface area (Å²) in [5.41, 5.74) is 3.76. The van der Waals surface area contributed by atoms with Crippen molar-refractivity contribution in [3.05, 3.63) is 107 Å². The van der Waals surface area contributed by atoms with Crippen molar-refractivity contribution in [2.24, 2.45) is 0 Å². The van der Waals surface area contributed by atoms with E-state index in [0.29, 0.717) is 0 Å². The standard InChI is InChI=1S/C23H18O/c24-23(17-16-18-8-2-1-3-9-18)21-12-6-4-10-19(21)14-15-20-11-5-7-13-22(20)23/h1-13,24H,14-15H2. The number of benzene rings is 3. The van der Waals surface area contributed by atoms with Crippen LogP contribution in [0.25, 0.3) is 0 Å². The van der Waals surface area contributed by atoms with E-state index in [0.717, 1.165) is 29.5 Å². The second kappa shape index (κ2) is 6.00. The van der Waals surface area contributed by atoms with E-state index in [4.69, 9.17) is 0 Å². The number of hydrogen-bond donors (Lipinski definition) is 1. The molecule has 0 saturated heterocycles. The average Bonchev–Trinajstić information content (AvgIpc) is 2.77. The second-order valence-electron chi connectivity index (χ2n) is 6.14. The first kappa shape index (κ1) is 14.8. The number of aryl methyl sites for hydroxylation is 2. The van der Waals surface area contributed by atoms with Crippen LogP contribution in [0.5, 0.6) is 0 Å². The minimum absolute atomic E-state index is 0.901. The third-order valence-corrected chi connectivity index (χ3v) is 4.64. The van der Waals surface area contributed by atoms with E-state index in [2.05, 4.69) is 24.0 Å². The van der Waals surface area contributed by atoms with Crippen LogP contribution in [0.4, 0.5) is 0 Å². The highest BCUT2D eigenvalue weighted by atomic mass is 16.3. The van der Waals surface area contributed by atoms with E-state index >= 15 is 0 Å². The molecule has 0 aliphatic heterocycles. The Labute approximate surface area is 142 Å². The van der Waals surface area contributed by atoms with Gasteiger partial charge in [0.25, 0.3) is 0 Å². The van der Waals surface area contributed by atoms with Crippen LogP contribution in [0, 0.1) is 11.8 Å². The molecule has 0 spiro atoms. The van der Waals surface area contributed by atoms with Gasteiger partial charge in [0, 0.05) is 16.7 Å². The van der Waals surface area contributed by atoms with E-state index in [1.807, 2.05) is 66.7 Å². The molecule has 1 aliphatic carbocycles. The molecule has 0 aromatic heterocycles. The van der Waals surface area contributed by atoms with Crippen molar-refractivity contribution in [3.8, 4) is 11.8 Å². The van der Waals surface area contributed by atoms with Gasteiger partial charge in [0.15, 0.2) is 5.60 Å². The van der Waals surface area contributed by atoms with Gasteiger partial charge in [-0.1, -0.05) is 78.6 Å². The summed E-state index contributed by atoms with van der Waals surface area (Å²) in [7, 11) is 0. The highest BCUT2D eigenvalue weighted by Gasteiger charge is 2.35. The molecular formula is C23H18O. The summed E-state index contributed by atoms with van der Waals surface area (Å²) in [5.74, 6) is 6.34. The minimum Gasteiger partial charge on any atom is -0.369 e. The third-order valence-electron chi connectivity index (χ3n) is 4.64. The largest absolute Gasteiger partial charge is 0.369 e. The Morgan fingerprint density at radius 3 is 1.75 bits per heavy atom. The Hall–Kier alpha value is -2.82. The predicted octanol–water partition coefficient (Wildman–Crippen LogP) is 4.07. The molecule has 1 nitrogen and oxygen atoms in total. The van der Waals surface area contributed by atoms with Crippen LogP contribution in [-0.2, 0) is 18.4 Å². The normalized spacial score (nSPS) is 14.5. The van der Waals surface area contributed by atoms with E-state index < -0.39 is 5.60 Å². The van der Waals surface area contributed by atoms with Crippen molar-refractivity contribution in [2.75, 3.05) is 0 Å². The van der Waals surface area contributed by atoms with Gasteiger partial charge in [-0.25, -0.2) is 0 Å². The van der Waals surface area contributed by atoms with Gasteiger partial charge in [0.1, 0.15) is 0 Å². The summed E-state index contributed by atoms with van der Waals surface area (Å²) >= 11 is 0. The first-order chi connectivity index (χ1) is 11.8. The van der Waals surface area contributed by atoms with E-state index in [1.165, 1.54) is 11.1 Å². The molecule has 0 bridgehead atoms. The first-order valence-electron chi connectivity index (χ1n) is 8.25. The Bertz CT molecular complexity index is 881. The van der Waals surface area contributed by atoms with E-state index in [-0.39, 0.29) is 0 Å². The van der Waals surface area contributed by atoms with E-state index in [9.17, 15) is 5.11 Å². The molecule has 1 heteroatoms. The maximum atomic E-state index is 11.6. The number of hydrogen-bond acceptors (Lipinski definition) is 1. The lowest BCUT2D eigenvalue weighted by molar-refractivity contribution is 0.144. The highest BCUT2D eigenvalue weighted by Crippen LogP contribution is 2.37. The quantitative estimate of drug-likeness (QED) is 0.621. The van der Waals surface area contributed by atoms with Crippen molar-refractivity contribution < 1.29 is 5.11 Å². The highest BCUT2D eigenvalue weighted by molar-refractivity contribution is 5.54. The molecule has 0 radical (unpaired) electrons. The molecule has 24 heavy (non-hydrogen) atoms. The van der Waals surface area contributed by atoms with Crippen molar-refractivity contribution in [1.29, 1.82) is 0 Å². The van der Waals surface area contributed by atoms with Crippen molar-refractivity contribution in [2.45, 2.75) is 18.4 Å². The lowest BCUT2D eigenvalue weighted by Crippen LogP contribution is -2.26. The molecule has 0 saturated carbocycles. The van der Waals surface area contributed by atoms with E-state index in [1.54, 1.807) is 0 Å². The molecule has 116 valence electrons. The van der Waals surface area contributed by atoms with Crippen LogP contribution >= 0.6 is 0 Å². The molecule has 0 fully saturated rings. The monoisotopic (exact) mass is 310 g/mol. The number of rotatable bonds is 0. The zero-order valence-corrected chi connectivity index (χ0v) is 13.4. The molecule has 1 aliphatic rings. The van der Waals surface area contributed by atoms with Gasteiger partial charge in [-0.2, -0.15) is 0 Å². The van der Waals surface area contributed by atoms with Crippen molar-refractivity contribution in [3.63, 3.8) is 0 Å². The predicted molar refractivity (Wildman–Crippen MR) is 96.6 cm³/mol. The summed E-state index contributed by atoms with van der Waals surface area (Å²) < 4.78 is 0. The zero-order chi connectivity index (χ0) is 16.4. The van der Waals surface area contributed by atoms with Gasteiger partial charge in [-0.3, -0.25) is 0 Å². The van der Waals surface area contributed by atoms with Gasteiger partial charge in [0.2, 0.25) is 0 Å². The Morgan fingerprint density at radius 2 is 1.17 bits per heavy atom. The topological polar surface area (TPSA) is 20.2 Å². The summed E-state index contributed by atoms with van der Waals surface area (Å²) in [6.07, 6.45) is 1.84. The van der Waals surface area contributed by atoms with Gasteiger partial charge >= 0.3 is 0 Å². The Balaban J connectivity index is 1.94. The van der Waals surface area contributed by atoms with Crippen LogP contribution < -0.4 is 0 Å². The Kier molecular flexibility index (Phi) is 3.69. The third kappa shape index (κ3) is 2.52. The van der Waals surface area contributed by atoms with Crippen molar-refractivity contribution >= 4 is 0 Å². The maximum absolute atomic E-state index is 11.6. The van der Waals surface area contributed by atoms with Gasteiger partial charge in [-0.15, -0.1) is 0 Å². The summed E-state index contributed by atoms with van der Waals surface area (Å²) in [5, 5.41) is 11.6. The molecule has 1 N–H and O–H groups in total. The van der Waals surface area contributed by atoms with Crippen LogP contribution in [0.1, 0.15) is 27.8 Å². The van der Waals surface area contributed by atoms with Crippen LogP contribution in [0.2, 0.25) is 0 Å². The number of fused-ring (bicyclic) bond motifs is 2. The molecule has 0 atom stereocenters. The molecular weight excluding hydrogens is 292 g/mol. The minimum atomic E-state index is -1.28. The molecule has 0 unspecified atom stereocenters. The smallest absolute Gasteiger partial charge is 0.177 e. The van der Waals surface area contributed by atoms with Gasteiger partial charge in [0.05, 0.1) is 0 Å². The first-order valence-corrected chi connectivity index (χ1v) is 8.25. The number of aliphatic hydroxyl groups is 1. The summed E-state index contributed by atoms with van der Waals surface area (Å²) in [4.78, 5) is 0. The molecule has 0 heterocycles. The molecule has 4 rings (SSSR count). The molecule has 0 amide bonds. The fourth-order valence-electron chi connectivity index (χ4n) is 3.42. The Morgan fingerprint density at radius 1 is 0.667 bits per heavy atom. The fraction of sp³-hybridized carbons (Fsp3) is 0.130.